The van der Waals surface area contributed by atoms with Crippen molar-refractivity contribution in [3.05, 3.63) is 29.8 Å². The van der Waals surface area contributed by atoms with Crippen molar-refractivity contribution in [2.75, 3.05) is 31.7 Å². The summed E-state index contributed by atoms with van der Waals surface area (Å²) in [5.74, 6) is 0.785. The van der Waals surface area contributed by atoms with Gasteiger partial charge < -0.3 is 9.64 Å². The first kappa shape index (κ1) is 15.7. The van der Waals surface area contributed by atoms with E-state index in [-0.39, 0.29) is 5.78 Å². The molecule has 0 aliphatic heterocycles. The van der Waals surface area contributed by atoms with Gasteiger partial charge in [0.05, 0.1) is 6.61 Å². The fraction of sp³-hybridized carbons (Fsp3) is 0.562. The number of hydrogen-bond acceptors (Lipinski definition) is 3. The number of anilines is 1. The Bertz CT molecular complexity index is 384. The molecule has 106 valence electrons. The van der Waals surface area contributed by atoms with Crippen molar-refractivity contribution >= 4 is 11.5 Å². The average Bonchev–Trinajstić information content (AvgIpc) is 2.42. The molecule has 0 aliphatic carbocycles. The maximum atomic E-state index is 11.6. The zero-order valence-corrected chi connectivity index (χ0v) is 12.5. The van der Waals surface area contributed by atoms with E-state index in [1.807, 2.05) is 31.2 Å². The summed E-state index contributed by atoms with van der Waals surface area (Å²) in [4.78, 5) is 13.9. The summed E-state index contributed by atoms with van der Waals surface area (Å²) in [6.45, 7) is 8.87. The Hall–Kier alpha value is -1.35. The van der Waals surface area contributed by atoms with Gasteiger partial charge in [-0.2, -0.15) is 0 Å². The lowest BCUT2D eigenvalue weighted by atomic mass is 10.1. The molecule has 1 aromatic carbocycles. The van der Waals surface area contributed by atoms with E-state index in [1.165, 1.54) is 0 Å². The smallest absolute Gasteiger partial charge is 0.162 e. The van der Waals surface area contributed by atoms with Gasteiger partial charge in [-0.1, -0.05) is 20.8 Å². The molecule has 0 radical (unpaired) electrons. The Labute approximate surface area is 116 Å². The molecular formula is C16H25NO2. The first-order valence-corrected chi connectivity index (χ1v) is 6.95. The van der Waals surface area contributed by atoms with Crippen LogP contribution >= 0.6 is 0 Å². The number of hydrogen-bond donors (Lipinski definition) is 0. The van der Waals surface area contributed by atoms with Gasteiger partial charge in [-0.15, -0.1) is 0 Å². The Morgan fingerprint density at radius 3 is 2.37 bits per heavy atom. The summed E-state index contributed by atoms with van der Waals surface area (Å²) in [6.07, 6.45) is 0.554. The minimum Gasteiger partial charge on any atom is -0.383 e. The maximum Gasteiger partial charge on any atom is 0.162 e. The Balaban J connectivity index is 2.80. The van der Waals surface area contributed by atoms with E-state index in [0.717, 1.165) is 24.3 Å². The first-order chi connectivity index (χ1) is 9.08. The van der Waals surface area contributed by atoms with Crippen LogP contribution in [0.2, 0.25) is 0 Å². The number of carbonyl (C=O) groups is 1. The second kappa shape index (κ2) is 7.95. The molecule has 1 rings (SSSR count). The van der Waals surface area contributed by atoms with E-state index in [1.54, 1.807) is 7.11 Å². The highest BCUT2D eigenvalue weighted by molar-refractivity contribution is 5.96. The zero-order chi connectivity index (χ0) is 14.3. The van der Waals surface area contributed by atoms with Crippen molar-refractivity contribution in [1.29, 1.82) is 0 Å². The minimum absolute atomic E-state index is 0.193. The normalized spacial score (nSPS) is 10.8. The summed E-state index contributed by atoms with van der Waals surface area (Å²) in [5.41, 5.74) is 1.95. The van der Waals surface area contributed by atoms with Gasteiger partial charge in [-0.05, 0) is 30.2 Å². The predicted octanol–water partition coefficient (Wildman–Crippen LogP) is 3.39. The Morgan fingerprint density at radius 2 is 1.89 bits per heavy atom. The molecule has 3 nitrogen and oxygen atoms in total. The van der Waals surface area contributed by atoms with Crippen LogP contribution in [0.3, 0.4) is 0 Å². The van der Waals surface area contributed by atoms with Crippen molar-refractivity contribution in [1.82, 2.24) is 0 Å². The van der Waals surface area contributed by atoms with Crippen LogP contribution in [0, 0.1) is 5.92 Å². The average molecular weight is 263 g/mol. The molecule has 0 unspecified atom stereocenters. The second-order valence-electron chi connectivity index (χ2n) is 5.16. The number of ketones is 1. The molecule has 19 heavy (non-hydrogen) atoms. The third kappa shape index (κ3) is 5.03. The maximum absolute atomic E-state index is 11.6. The third-order valence-corrected chi connectivity index (χ3v) is 3.03. The van der Waals surface area contributed by atoms with Gasteiger partial charge in [-0.3, -0.25) is 4.79 Å². The summed E-state index contributed by atoms with van der Waals surface area (Å²) >= 11 is 0. The Morgan fingerprint density at radius 1 is 1.26 bits per heavy atom. The van der Waals surface area contributed by atoms with Crippen LogP contribution in [0.5, 0.6) is 0 Å². The van der Waals surface area contributed by atoms with Crippen LogP contribution < -0.4 is 4.90 Å². The van der Waals surface area contributed by atoms with E-state index >= 15 is 0 Å². The topological polar surface area (TPSA) is 29.5 Å². The summed E-state index contributed by atoms with van der Waals surface area (Å²) < 4.78 is 5.16. The largest absolute Gasteiger partial charge is 0.383 e. The highest BCUT2D eigenvalue weighted by atomic mass is 16.5. The van der Waals surface area contributed by atoms with Gasteiger partial charge >= 0.3 is 0 Å². The van der Waals surface area contributed by atoms with E-state index in [4.69, 9.17) is 4.74 Å². The molecule has 0 heterocycles. The van der Waals surface area contributed by atoms with Gasteiger partial charge in [0, 0.05) is 37.9 Å². The number of benzene rings is 1. The first-order valence-electron chi connectivity index (χ1n) is 6.95. The number of rotatable bonds is 8. The van der Waals surface area contributed by atoms with Gasteiger partial charge in [0.1, 0.15) is 0 Å². The lowest BCUT2D eigenvalue weighted by Crippen LogP contribution is -2.30. The van der Waals surface area contributed by atoms with Gasteiger partial charge in [0.25, 0.3) is 0 Å². The van der Waals surface area contributed by atoms with E-state index in [9.17, 15) is 4.79 Å². The van der Waals surface area contributed by atoms with Crippen molar-refractivity contribution in [3.8, 4) is 0 Å². The van der Waals surface area contributed by atoms with Crippen LogP contribution in [0.15, 0.2) is 24.3 Å². The fourth-order valence-corrected chi connectivity index (χ4v) is 2.03. The number of carbonyl (C=O) groups excluding carboxylic acids is 1. The van der Waals surface area contributed by atoms with Gasteiger partial charge in [-0.25, -0.2) is 0 Å². The summed E-state index contributed by atoms with van der Waals surface area (Å²) in [5, 5.41) is 0. The number of nitrogens with zero attached hydrogens (tertiary/aromatic N) is 1. The lowest BCUT2D eigenvalue weighted by molar-refractivity contribution is 0.0988. The molecule has 0 fully saturated rings. The minimum atomic E-state index is 0.193. The van der Waals surface area contributed by atoms with Gasteiger partial charge in [0.15, 0.2) is 5.78 Å². The van der Waals surface area contributed by atoms with Crippen molar-refractivity contribution in [2.24, 2.45) is 5.92 Å². The monoisotopic (exact) mass is 263 g/mol. The molecule has 0 saturated carbocycles. The summed E-state index contributed by atoms with van der Waals surface area (Å²) in [6, 6.07) is 7.89. The quantitative estimate of drug-likeness (QED) is 0.673. The molecule has 0 spiro atoms. The molecule has 0 atom stereocenters. The molecule has 0 aliphatic rings. The second-order valence-corrected chi connectivity index (χ2v) is 5.16. The van der Waals surface area contributed by atoms with Crippen LogP contribution in [0.25, 0.3) is 0 Å². The standard InChI is InChI=1S/C16H25NO2/c1-5-16(18)14-6-8-15(9-7-14)17(10-11-19-4)12-13(2)3/h6-9,13H,5,10-12H2,1-4H3. The van der Waals surface area contributed by atoms with E-state index in [0.29, 0.717) is 18.9 Å². The molecule has 0 bridgehead atoms. The number of ether oxygens (including phenoxy) is 1. The van der Waals surface area contributed by atoms with E-state index < -0.39 is 0 Å². The van der Waals surface area contributed by atoms with Crippen molar-refractivity contribution in [2.45, 2.75) is 27.2 Å². The molecule has 0 saturated heterocycles. The van der Waals surface area contributed by atoms with Crippen molar-refractivity contribution in [3.63, 3.8) is 0 Å². The third-order valence-electron chi connectivity index (χ3n) is 3.03. The molecular weight excluding hydrogens is 238 g/mol. The SMILES string of the molecule is CCC(=O)c1ccc(N(CCOC)CC(C)C)cc1. The molecule has 0 N–H and O–H groups in total. The lowest BCUT2D eigenvalue weighted by Gasteiger charge is -2.26. The van der Waals surface area contributed by atoms with Crippen LogP contribution in [-0.4, -0.2) is 32.6 Å². The number of Topliss-reactive ketones (excluding diaryl/α,β-unsaturated/α-hetero) is 1. The zero-order valence-electron chi connectivity index (χ0n) is 12.5. The van der Waals surface area contributed by atoms with Crippen LogP contribution in [0.4, 0.5) is 5.69 Å². The highest BCUT2D eigenvalue weighted by Gasteiger charge is 2.09. The molecule has 3 heteroatoms. The number of methoxy groups -OCH3 is 1. The van der Waals surface area contributed by atoms with Crippen LogP contribution in [-0.2, 0) is 4.74 Å². The summed E-state index contributed by atoms with van der Waals surface area (Å²) in [7, 11) is 1.72. The van der Waals surface area contributed by atoms with Crippen molar-refractivity contribution < 1.29 is 9.53 Å². The van der Waals surface area contributed by atoms with Gasteiger partial charge in [0.2, 0.25) is 0 Å². The molecule has 0 amide bonds. The highest BCUT2D eigenvalue weighted by Crippen LogP contribution is 2.17. The molecule has 0 aromatic heterocycles. The molecule has 1 aromatic rings. The van der Waals surface area contributed by atoms with Crippen LogP contribution in [0.1, 0.15) is 37.6 Å². The Kier molecular flexibility index (Phi) is 6.57. The predicted molar refractivity (Wildman–Crippen MR) is 80.0 cm³/mol. The van der Waals surface area contributed by atoms with E-state index in [2.05, 4.69) is 18.7 Å². The fourth-order valence-electron chi connectivity index (χ4n) is 2.03.